The Kier molecular flexibility index (Phi) is 10.7. The number of piperidine rings is 1. The lowest BCUT2D eigenvalue weighted by Crippen LogP contribution is -2.32. The molecule has 0 radical (unpaired) electrons. The summed E-state index contributed by atoms with van der Waals surface area (Å²) in [6.45, 7) is 0.275. The quantitative estimate of drug-likeness (QED) is 0.191. The van der Waals surface area contributed by atoms with Crippen LogP contribution in [0.25, 0.3) is 0 Å². The second-order valence-electron chi connectivity index (χ2n) is 9.23. The van der Waals surface area contributed by atoms with Crippen molar-refractivity contribution in [3.05, 3.63) is 76.4 Å². The van der Waals surface area contributed by atoms with Gasteiger partial charge < -0.3 is 15.0 Å². The Morgan fingerprint density at radius 1 is 0.682 bits per heavy atom. The maximum absolute atomic E-state index is 13.9. The van der Waals surface area contributed by atoms with Crippen molar-refractivity contribution in [3.8, 4) is 5.75 Å². The predicted molar refractivity (Wildman–Crippen MR) is 142 cm³/mol. The van der Waals surface area contributed by atoms with Crippen molar-refractivity contribution in [1.82, 2.24) is 0 Å². The average Bonchev–Trinajstić information content (AvgIpc) is 2.96. The van der Waals surface area contributed by atoms with Crippen LogP contribution in [0.3, 0.4) is 0 Å². The third-order valence-corrected chi connectivity index (χ3v) is 8.17. The van der Waals surface area contributed by atoms with Crippen LogP contribution in [0.2, 0.25) is 0 Å². The number of nitrogens with one attached hydrogen (secondary N) is 1. The fourth-order valence-corrected chi connectivity index (χ4v) is 5.68. The van der Waals surface area contributed by atoms with Crippen molar-refractivity contribution < 1.29 is 56.7 Å². The van der Waals surface area contributed by atoms with E-state index >= 15 is 0 Å². The molecule has 5 N–H and O–H groups in total. The van der Waals surface area contributed by atoms with Crippen LogP contribution in [0, 0.1) is 46.5 Å². The van der Waals surface area contributed by atoms with Crippen molar-refractivity contribution in [2.24, 2.45) is 10.3 Å². The second kappa shape index (κ2) is 13.5. The molecule has 0 bridgehead atoms. The molecule has 0 unspecified atom stereocenters. The Hall–Kier alpha value is -3.68. The average molecular weight is 677 g/mol. The number of ether oxygens (including phenoxy) is 1. The zero-order chi connectivity index (χ0) is 33.1. The number of anilines is 2. The molecule has 3 aromatic rings. The van der Waals surface area contributed by atoms with Crippen molar-refractivity contribution in [2.75, 3.05) is 30.4 Å². The number of methoxy groups -OCH3 is 1. The minimum atomic E-state index is -4.91. The molecular weight excluding hydrogens is 652 g/mol. The molecule has 1 heterocycles. The van der Waals surface area contributed by atoms with Crippen LogP contribution in [-0.4, -0.2) is 37.0 Å². The lowest BCUT2D eigenvalue weighted by Gasteiger charge is -2.29. The first kappa shape index (κ1) is 34.8. The summed E-state index contributed by atoms with van der Waals surface area (Å²) in [6, 6.07) is 6.24. The number of halogens is 8. The molecule has 0 saturated carbocycles. The van der Waals surface area contributed by atoms with Crippen LogP contribution in [0.1, 0.15) is 24.8 Å². The molecule has 0 spiro atoms. The number of hydrogen-bond donors (Lipinski definition) is 3. The molecule has 19 heteroatoms. The van der Waals surface area contributed by atoms with Crippen LogP contribution in [0.4, 0.5) is 46.5 Å². The van der Waals surface area contributed by atoms with Crippen LogP contribution in [0.15, 0.2) is 34.1 Å². The van der Waals surface area contributed by atoms with Gasteiger partial charge >= 0.3 is 0 Å². The van der Waals surface area contributed by atoms with Crippen molar-refractivity contribution in [3.63, 3.8) is 0 Å². The molecule has 242 valence electrons. The normalized spacial score (nSPS) is 13.8. The molecule has 44 heavy (non-hydrogen) atoms. The highest BCUT2D eigenvalue weighted by atomic mass is 32.2. The van der Waals surface area contributed by atoms with E-state index in [1.165, 1.54) is 7.11 Å². The van der Waals surface area contributed by atoms with Gasteiger partial charge in [0, 0.05) is 19.6 Å². The number of sulfonamides is 2. The van der Waals surface area contributed by atoms with E-state index in [9.17, 15) is 52.0 Å². The van der Waals surface area contributed by atoms with E-state index in [0.717, 1.165) is 11.3 Å². The van der Waals surface area contributed by atoms with Gasteiger partial charge in [-0.2, -0.15) is 0 Å². The molecule has 0 aliphatic carbocycles. The third-order valence-electron chi connectivity index (χ3n) is 6.29. The van der Waals surface area contributed by atoms with Gasteiger partial charge in [-0.3, -0.25) is 0 Å². The van der Waals surface area contributed by atoms with Gasteiger partial charge in [-0.1, -0.05) is 12.1 Å². The molecule has 1 aliphatic heterocycles. The van der Waals surface area contributed by atoms with E-state index in [2.05, 4.69) is 10.5 Å². The van der Waals surface area contributed by atoms with Gasteiger partial charge in [0.15, 0.2) is 51.4 Å². The first-order valence-corrected chi connectivity index (χ1v) is 15.4. The van der Waals surface area contributed by atoms with Crippen LogP contribution in [-0.2, 0) is 26.6 Å². The number of primary sulfonamides is 2. The second-order valence-corrected chi connectivity index (χ2v) is 12.2. The number of nitrogens with zero attached hydrogens (tertiary/aromatic N) is 1. The predicted octanol–water partition coefficient (Wildman–Crippen LogP) is 4.39. The molecule has 3 aromatic carbocycles. The molecule has 0 amide bonds. The highest BCUT2D eigenvalue weighted by molar-refractivity contribution is 7.89. The Balaban J connectivity index is 0.000000244. The molecule has 1 aliphatic rings. The fraction of sp³-hybridized carbons (Fsp3) is 0.280. The minimum Gasteiger partial charge on any atom is -0.497 e. The van der Waals surface area contributed by atoms with Gasteiger partial charge in [-0.15, -0.1) is 0 Å². The van der Waals surface area contributed by atoms with Gasteiger partial charge in [0.2, 0.25) is 20.0 Å². The van der Waals surface area contributed by atoms with E-state index in [4.69, 9.17) is 9.88 Å². The molecule has 0 aromatic heterocycles. The zero-order valence-corrected chi connectivity index (χ0v) is 24.2. The largest absolute Gasteiger partial charge is 0.497 e. The van der Waals surface area contributed by atoms with E-state index in [1.807, 2.05) is 0 Å². The van der Waals surface area contributed by atoms with E-state index < -0.39 is 87.8 Å². The minimum absolute atomic E-state index is 0.200. The Bertz CT molecular complexity index is 1740. The van der Waals surface area contributed by atoms with Gasteiger partial charge in [0.1, 0.15) is 16.3 Å². The summed E-state index contributed by atoms with van der Waals surface area (Å²) in [5, 5.41) is 11.6. The molecule has 9 nitrogen and oxygen atoms in total. The van der Waals surface area contributed by atoms with E-state index in [-0.39, 0.29) is 19.6 Å². The van der Waals surface area contributed by atoms with Crippen LogP contribution in [0.5, 0.6) is 5.75 Å². The Morgan fingerprint density at radius 3 is 1.59 bits per heavy atom. The number of hydrogen-bond acceptors (Lipinski definition) is 7. The molecule has 1 saturated heterocycles. The molecular formula is C25H24F8N4O5S2. The summed E-state index contributed by atoms with van der Waals surface area (Å²) >= 11 is 0. The molecule has 0 atom stereocenters. The SMILES string of the molecule is COc1ccc(CNc2c(F)c(F)c(F)c(F)c2S(N)(=O)=O)cc1.NS(=O)(=O)c1c(F)c(F)c(N2CCCCC2)c(F)c1F. The standard InChI is InChI=1S/C14H12F4N2O3S.C11H12F4N2O2S/c1-23-8-4-2-7(3-5-8)6-20-13-11(17)9(15)10(16)12(18)14(13)24(19,21)22;12-6-8(14)11(20(16,18)19)9(15)7(13)10(6)17-4-2-1-3-5-17/h2-5,20H,6H2,1H3,(H2,19,21,22);1-5H2,(H2,16,18,19). The topological polar surface area (TPSA) is 145 Å². The van der Waals surface area contributed by atoms with Gasteiger partial charge in [0.25, 0.3) is 0 Å². The maximum atomic E-state index is 13.9. The van der Waals surface area contributed by atoms with Crippen molar-refractivity contribution in [1.29, 1.82) is 0 Å². The molecule has 1 fully saturated rings. The molecule has 4 rings (SSSR count). The number of nitrogens with two attached hydrogens (primary N) is 2. The summed E-state index contributed by atoms with van der Waals surface area (Å²) < 4.78 is 159. The smallest absolute Gasteiger partial charge is 0.244 e. The van der Waals surface area contributed by atoms with Crippen molar-refractivity contribution in [2.45, 2.75) is 35.6 Å². The number of rotatable bonds is 7. The van der Waals surface area contributed by atoms with Gasteiger partial charge in [-0.05, 0) is 37.0 Å². The summed E-state index contributed by atoms with van der Waals surface area (Å²) in [6.07, 6.45) is 2.10. The summed E-state index contributed by atoms with van der Waals surface area (Å²) in [5.74, 6) is -15.3. The van der Waals surface area contributed by atoms with E-state index in [1.54, 1.807) is 24.3 Å². The highest BCUT2D eigenvalue weighted by Crippen LogP contribution is 2.34. The lowest BCUT2D eigenvalue weighted by molar-refractivity contribution is 0.398. The summed E-state index contributed by atoms with van der Waals surface area (Å²) in [4.78, 5) is -2.10. The Labute approximate surface area is 246 Å². The summed E-state index contributed by atoms with van der Waals surface area (Å²) in [5.41, 5.74) is -1.45. The number of benzene rings is 3. The zero-order valence-electron chi connectivity index (χ0n) is 22.5. The lowest BCUT2D eigenvalue weighted by atomic mass is 10.1. The van der Waals surface area contributed by atoms with Crippen molar-refractivity contribution >= 4 is 31.4 Å². The third kappa shape index (κ3) is 7.33. The maximum Gasteiger partial charge on any atom is 0.244 e. The fourth-order valence-electron chi connectivity index (χ4n) is 4.22. The summed E-state index contributed by atoms with van der Waals surface area (Å²) in [7, 11) is -8.30. The Morgan fingerprint density at radius 2 is 1.14 bits per heavy atom. The van der Waals surface area contributed by atoms with Crippen LogP contribution >= 0.6 is 0 Å². The van der Waals surface area contributed by atoms with Gasteiger partial charge in [-0.25, -0.2) is 62.2 Å². The first-order chi connectivity index (χ1) is 20.4. The first-order valence-electron chi connectivity index (χ1n) is 12.3. The highest BCUT2D eigenvalue weighted by Gasteiger charge is 2.34. The van der Waals surface area contributed by atoms with Gasteiger partial charge in [0.05, 0.1) is 12.8 Å². The monoisotopic (exact) mass is 676 g/mol. The van der Waals surface area contributed by atoms with Crippen LogP contribution < -0.4 is 25.2 Å². The van der Waals surface area contributed by atoms with E-state index in [0.29, 0.717) is 24.2 Å².